The largest absolute Gasteiger partial charge is 0.325 e. The number of urea groups is 1. The second-order valence-electron chi connectivity index (χ2n) is 6.61. The van der Waals surface area contributed by atoms with Crippen LogP contribution in [0, 0.1) is 11.3 Å². The highest BCUT2D eigenvalue weighted by Crippen LogP contribution is 2.29. The molecule has 28 heavy (non-hydrogen) atoms. The normalized spacial score (nSPS) is 18.5. The number of amides is 4. The molecule has 3 rings (SSSR count). The van der Waals surface area contributed by atoms with Gasteiger partial charge in [-0.1, -0.05) is 30.3 Å². The van der Waals surface area contributed by atoms with E-state index in [0.717, 1.165) is 4.90 Å². The van der Waals surface area contributed by atoms with Crippen LogP contribution in [-0.2, 0) is 15.1 Å². The van der Waals surface area contributed by atoms with Gasteiger partial charge in [-0.2, -0.15) is 5.26 Å². The van der Waals surface area contributed by atoms with Gasteiger partial charge in [-0.25, -0.2) is 4.79 Å². The maximum atomic E-state index is 13.0. The predicted octanol–water partition coefficient (Wildman–Crippen LogP) is 2.38. The van der Waals surface area contributed by atoms with Gasteiger partial charge < -0.3 is 10.2 Å². The van der Waals surface area contributed by atoms with Crippen LogP contribution in [0.15, 0.2) is 54.6 Å². The molecule has 0 saturated carbocycles. The minimum atomic E-state index is -1.33. The summed E-state index contributed by atoms with van der Waals surface area (Å²) in [7, 11) is 0. The van der Waals surface area contributed by atoms with Crippen molar-refractivity contribution in [2.24, 2.45) is 0 Å². The molecule has 4 amide bonds. The third-order valence-corrected chi connectivity index (χ3v) is 4.82. The van der Waals surface area contributed by atoms with Crippen LogP contribution in [0.2, 0.25) is 0 Å². The van der Waals surface area contributed by atoms with Crippen LogP contribution in [-0.4, -0.2) is 35.8 Å². The van der Waals surface area contributed by atoms with Gasteiger partial charge in [-0.05, 0) is 43.7 Å². The molecule has 2 aromatic carbocycles. The summed E-state index contributed by atoms with van der Waals surface area (Å²) in [6.07, 6.45) is 0. The smallest absolute Gasteiger partial charge is 0.319 e. The number of para-hydroxylation sites is 1. The number of hydrogen-bond donors (Lipinski definition) is 1. The average Bonchev–Trinajstić information content (AvgIpc) is 2.93. The molecule has 1 aliphatic heterocycles. The molecule has 142 valence electrons. The van der Waals surface area contributed by atoms with Crippen LogP contribution in [0.4, 0.5) is 10.5 Å². The fourth-order valence-electron chi connectivity index (χ4n) is 3.27. The lowest BCUT2D eigenvalue weighted by molar-refractivity contribution is -0.134. The number of rotatable bonds is 5. The molecule has 7 heteroatoms. The number of imide groups is 1. The van der Waals surface area contributed by atoms with Crippen molar-refractivity contribution in [1.82, 2.24) is 10.2 Å². The lowest BCUT2D eigenvalue weighted by atomic mass is 9.91. The lowest BCUT2D eigenvalue weighted by Gasteiger charge is -2.24. The van der Waals surface area contributed by atoms with Gasteiger partial charge in [0.1, 0.15) is 12.1 Å². The van der Waals surface area contributed by atoms with Gasteiger partial charge in [-0.3, -0.25) is 14.5 Å². The van der Waals surface area contributed by atoms with E-state index >= 15 is 0 Å². The molecule has 1 unspecified atom stereocenters. The van der Waals surface area contributed by atoms with Gasteiger partial charge in [0, 0.05) is 12.2 Å². The Balaban J connectivity index is 1.84. The Labute approximate surface area is 163 Å². The fraction of sp³-hybridized carbons (Fsp3) is 0.238. The summed E-state index contributed by atoms with van der Waals surface area (Å²) in [5.41, 5.74) is 0.256. The van der Waals surface area contributed by atoms with Crippen LogP contribution in [0.5, 0.6) is 0 Å². The van der Waals surface area contributed by atoms with E-state index in [-0.39, 0.29) is 12.5 Å². The van der Waals surface area contributed by atoms with Gasteiger partial charge in [0.25, 0.3) is 5.91 Å². The summed E-state index contributed by atoms with van der Waals surface area (Å²) in [5, 5.41) is 11.7. The maximum Gasteiger partial charge on any atom is 0.325 e. The molecule has 0 radical (unpaired) electrons. The Hall–Kier alpha value is -3.66. The molecule has 2 aromatic rings. The Morgan fingerprint density at radius 3 is 2.54 bits per heavy atom. The molecule has 1 saturated heterocycles. The number of carbonyl (C=O) groups excluding carboxylic acids is 3. The Bertz CT molecular complexity index is 967. The van der Waals surface area contributed by atoms with Crippen LogP contribution in [0.25, 0.3) is 0 Å². The molecule has 0 spiro atoms. The van der Waals surface area contributed by atoms with Gasteiger partial charge in [-0.15, -0.1) is 0 Å². The van der Waals surface area contributed by atoms with Crippen molar-refractivity contribution < 1.29 is 14.4 Å². The van der Waals surface area contributed by atoms with E-state index in [0.29, 0.717) is 23.4 Å². The lowest BCUT2D eigenvalue weighted by Crippen LogP contribution is -2.44. The van der Waals surface area contributed by atoms with E-state index in [9.17, 15) is 14.4 Å². The zero-order valence-corrected chi connectivity index (χ0v) is 15.7. The molecule has 7 nitrogen and oxygen atoms in total. The van der Waals surface area contributed by atoms with Crippen molar-refractivity contribution in [3.05, 3.63) is 65.7 Å². The summed E-state index contributed by atoms with van der Waals surface area (Å²) in [4.78, 5) is 40.7. The highest BCUT2D eigenvalue weighted by atomic mass is 16.2. The summed E-state index contributed by atoms with van der Waals surface area (Å²) < 4.78 is 0. The molecule has 1 atom stereocenters. The predicted molar refractivity (Wildman–Crippen MR) is 103 cm³/mol. The minimum Gasteiger partial charge on any atom is -0.319 e. The highest BCUT2D eigenvalue weighted by Gasteiger charge is 2.49. The first-order chi connectivity index (χ1) is 13.4. The van der Waals surface area contributed by atoms with Crippen molar-refractivity contribution in [2.75, 3.05) is 18.0 Å². The number of nitrogens with one attached hydrogen (secondary N) is 1. The fourth-order valence-corrected chi connectivity index (χ4v) is 3.27. The molecule has 1 heterocycles. The van der Waals surface area contributed by atoms with E-state index in [1.165, 1.54) is 4.90 Å². The van der Waals surface area contributed by atoms with Crippen LogP contribution < -0.4 is 10.2 Å². The minimum absolute atomic E-state index is 0.354. The average molecular weight is 376 g/mol. The van der Waals surface area contributed by atoms with E-state index < -0.39 is 17.5 Å². The van der Waals surface area contributed by atoms with Gasteiger partial charge in [0.05, 0.1) is 11.6 Å². The van der Waals surface area contributed by atoms with Crippen molar-refractivity contribution in [1.29, 1.82) is 5.26 Å². The molecule has 0 aromatic heterocycles. The second kappa shape index (κ2) is 7.53. The molecule has 0 aliphatic carbocycles. The standard InChI is InChI=1S/C21H20N4O3/c1-3-24(17-10-5-4-6-11-17)18(26)14-25-19(27)21(2,23-20(25)28)16-9-7-8-15(12-16)13-22/h4-12H,3,14H2,1-2H3,(H,23,28). The first kappa shape index (κ1) is 19.1. The molecule has 1 fully saturated rings. The third kappa shape index (κ3) is 3.32. The van der Waals surface area contributed by atoms with Crippen LogP contribution >= 0.6 is 0 Å². The van der Waals surface area contributed by atoms with Crippen LogP contribution in [0.3, 0.4) is 0 Å². The van der Waals surface area contributed by atoms with E-state index in [4.69, 9.17) is 5.26 Å². The highest BCUT2D eigenvalue weighted by molar-refractivity contribution is 6.10. The topological polar surface area (TPSA) is 93.5 Å². The Morgan fingerprint density at radius 2 is 1.89 bits per heavy atom. The van der Waals surface area contributed by atoms with Gasteiger partial charge >= 0.3 is 6.03 Å². The van der Waals surface area contributed by atoms with Gasteiger partial charge in [0.15, 0.2) is 0 Å². The zero-order chi connectivity index (χ0) is 20.3. The number of hydrogen-bond acceptors (Lipinski definition) is 4. The number of benzene rings is 2. The summed E-state index contributed by atoms with van der Waals surface area (Å²) in [6, 6.07) is 17.0. The van der Waals surface area contributed by atoms with Crippen molar-refractivity contribution in [3.8, 4) is 6.07 Å². The number of nitriles is 1. The second-order valence-corrected chi connectivity index (χ2v) is 6.61. The quantitative estimate of drug-likeness (QED) is 0.811. The summed E-state index contributed by atoms with van der Waals surface area (Å²) in [5.74, 6) is -0.878. The van der Waals surface area contributed by atoms with Crippen molar-refractivity contribution >= 4 is 23.5 Å². The molecule has 1 N–H and O–H groups in total. The zero-order valence-electron chi connectivity index (χ0n) is 15.7. The molecule has 1 aliphatic rings. The molecular formula is C21H20N4O3. The van der Waals surface area contributed by atoms with Gasteiger partial charge in [0.2, 0.25) is 5.91 Å². The maximum absolute atomic E-state index is 13.0. The number of nitrogens with zero attached hydrogens (tertiary/aromatic N) is 3. The van der Waals surface area contributed by atoms with E-state index in [1.807, 2.05) is 31.2 Å². The van der Waals surface area contributed by atoms with E-state index in [1.54, 1.807) is 43.3 Å². The first-order valence-electron chi connectivity index (χ1n) is 8.91. The first-order valence-corrected chi connectivity index (χ1v) is 8.91. The third-order valence-electron chi connectivity index (χ3n) is 4.82. The number of likely N-dealkylation sites (N-methyl/N-ethyl adjacent to an activating group) is 1. The Kier molecular flexibility index (Phi) is 5.14. The van der Waals surface area contributed by atoms with E-state index in [2.05, 4.69) is 5.32 Å². The SMILES string of the molecule is CCN(C(=O)CN1C(=O)NC(C)(c2cccc(C#N)c2)C1=O)c1ccccc1. The van der Waals surface area contributed by atoms with Crippen molar-refractivity contribution in [2.45, 2.75) is 19.4 Å². The Morgan fingerprint density at radius 1 is 1.18 bits per heavy atom. The number of carbonyl (C=O) groups is 3. The summed E-state index contributed by atoms with van der Waals surface area (Å²) >= 11 is 0. The summed E-state index contributed by atoms with van der Waals surface area (Å²) in [6.45, 7) is 3.45. The van der Waals surface area contributed by atoms with Crippen molar-refractivity contribution in [3.63, 3.8) is 0 Å². The molecular weight excluding hydrogens is 356 g/mol. The van der Waals surface area contributed by atoms with Crippen LogP contribution in [0.1, 0.15) is 25.0 Å². The monoisotopic (exact) mass is 376 g/mol. The number of anilines is 1. The molecule has 0 bridgehead atoms.